The molecule has 22 heavy (non-hydrogen) atoms. The zero-order valence-corrected chi connectivity index (χ0v) is 11.8. The summed E-state index contributed by atoms with van der Waals surface area (Å²) in [6.07, 6.45) is -4.59. The molecule has 0 unspecified atom stereocenters. The van der Waals surface area contributed by atoms with Crippen molar-refractivity contribution in [2.75, 3.05) is 0 Å². The smallest absolute Gasteiger partial charge is 0.420 e. The number of carboxylic acid groups (broad SMARTS) is 1. The molecule has 2 rings (SSSR count). The SMILES string of the molecule is O=C(O)c1cccc(COc2ccc(Cl)cc2C(F)(F)F)c1. The molecule has 1 N–H and O–H groups in total. The van der Waals surface area contributed by atoms with Crippen molar-refractivity contribution in [3.05, 3.63) is 64.2 Å². The Kier molecular flexibility index (Phi) is 4.61. The van der Waals surface area contributed by atoms with Crippen LogP contribution in [-0.4, -0.2) is 11.1 Å². The number of hydrogen-bond donors (Lipinski definition) is 1. The van der Waals surface area contributed by atoms with Crippen LogP contribution in [0.4, 0.5) is 13.2 Å². The monoisotopic (exact) mass is 330 g/mol. The van der Waals surface area contributed by atoms with Crippen LogP contribution in [-0.2, 0) is 12.8 Å². The molecule has 0 radical (unpaired) electrons. The topological polar surface area (TPSA) is 46.5 Å². The fourth-order valence-electron chi connectivity index (χ4n) is 1.80. The lowest BCUT2D eigenvalue weighted by molar-refractivity contribution is -0.139. The van der Waals surface area contributed by atoms with Crippen LogP contribution in [0.2, 0.25) is 5.02 Å². The van der Waals surface area contributed by atoms with Gasteiger partial charge in [-0.2, -0.15) is 13.2 Å². The molecule has 0 amide bonds. The summed E-state index contributed by atoms with van der Waals surface area (Å²) in [6.45, 7) is -0.189. The molecular weight excluding hydrogens is 321 g/mol. The van der Waals surface area contributed by atoms with E-state index in [9.17, 15) is 18.0 Å². The van der Waals surface area contributed by atoms with Gasteiger partial charge in [-0.15, -0.1) is 0 Å². The van der Waals surface area contributed by atoms with Gasteiger partial charge in [0, 0.05) is 5.02 Å². The molecule has 2 aromatic carbocycles. The number of alkyl halides is 3. The largest absolute Gasteiger partial charge is 0.488 e. The third-order valence-electron chi connectivity index (χ3n) is 2.82. The van der Waals surface area contributed by atoms with Gasteiger partial charge in [-0.05, 0) is 35.9 Å². The second-order valence-corrected chi connectivity index (χ2v) is 4.87. The molecule has 0 atom stereocenters. The van der Waals surface area contributed by atoms with Gasteiger partial charge in [0.05, 0.1) is 11.1 Å². The Labute approximate surface area is 128 Å². The maximum atomic E-state index is 12.9. The van der Waals surface area contributed by atoms with Crippen molar-refractivity contribution in [3.63, 3.8) is 0 Å². The number of benzene rings is 2. The average molecular weight is 331 g/mol. The third-order valence-corrected chi connectivity index (χ3v) is 3.05. The summed E-state index contributed by atoms with van der Waals surface area (Å²) in [5.74, 6) is -1.48. The summed E-state index contributed by atoms with van der Waals surface area (Å²) in [7, 11) is 0. The fourth-order valence-corrected chi connectivity index (χ4v) is 1.98. The molecule has 0 aromatic heterocycles. The molecule has 3 nitrogen and oxygen atoms in total. The Morgan fingerprint density at radius 2 is 1.91 bits per heavy atom. The lowest BCUT2D eigenvalue weighted by atomic mass is 10.1. The molecule has 0 aliphatic heterocycles. The number of ether oxygens (including phenoxy) is 1. The summed E-state index contributed by atoms with van der Waals surface area (Å²) < 4.78 is 43.9. The third kappa shape index (κ3) is 3.92. The van der Waals surface area contributed by atoms with Crippen molar-refractivity contribution in [1.82, 2.24) is 0 Å². The fraction of sp³-hybridized carbons (Fsp3) is 0.133. The molecule has 0 saturated carbocycles. The van der Waals surface area contributed by atoms with Gasteiger partial charge in [0.2, 0.25) is 0 Å². The summed E-state index contributed by atoms with van der Waals surface area (Å²) in [4.78, 5) is 10.8. The first-order chi connectivity index (χ1) is 10.3. The van der Waals surface area contributed by atoms with Crippen molar-refractivity contribution in [2.45, 2.75) is 12.8 Å². The van der Waals surface area contributed by atoms with Crippen molar-refractivity contribution in [1.29, 1.82) is 0 Å². The highest BCUT2D eigenvalue weighted by molar-refractivity contribution is 6.30. The Balaban J connectivity index is 2.22. The summed E-state index contributed by atoms with van der Waals surface area (Å²) in [5, 5.41) is 8.82. The van der Waals surface area contributed by atoms with Gasteiger partial charge in [-0.25, -0.2) is 4.79 Å². The lowest BCUT2D eigenvalue weighted by Gasteiger charge is -2.14. The number of carbonyl (C=O) groups is 1. The number of rotatable bonds is 4. The standard InChI is InChI=1S/C15H10ClF3O3/c16-11-4-5-13(12(7-11)15(17,18)19)22-8-9-2-1-3-10(6-9)14(20)21/h1-7H,8H2,(H,20,21). The van der Waals surface area contributed by atoms with Gasteiger partial charge in [0.15, 0.2) is 0 Å². The van der Waals surface area contributed by atoms with E-state index >= 15 is 0 Å². The van der Waals surface area contributed by atoms with Crippen molar-refractivity contribution in [3.8, 4) is 5.75 Å². The van der Waals surface area contributed by atoms with Crippen molar-refractivity contribution in [2.24, 2.45) is 0 Å². The molecule has 0 heterocycles. The molecule has 2 aromatic rings. The lowest BCUT2D eigenvalue weighted by Crippen LogP contribution is -2.09. The summed E-state index contributed by atoms with van der Waals surface area (Å²) in [5.41, 5.74) is -0.495. The number of aromatic carboxylic acids is 1. The number of carboxylic acids is 1. The minimum atomic E-state index is -4.59. The molecule has 0 saturated heterocycles. The highest BCUT2D eigenvalue weighted by Crippen LogP contribution is 2.38. The predicted octanol–water partition coefficient (Wildman–Crippen LogP) is 4.64. The van der Waals surface area contributed by atoms with Crippen LogP contribution in [0.15, 0.2) is 42.5 Å². The highest BCUT2D eigenvalue weighted by atomic mass is 35.5. The van der Waals surface area contributed by atoms with E-state index in [1.165, 1.54) is 24.3 Å². The van der Waals surface area contributed by atoms with Crippen LogP contribution in [0.1, 0.15) is 21.5 Å². The van der Waals surface area contributed by atoms with Crippen molar-refractivity contribution >= 4 is 17.6 Å². The summed E-state index contributed by atoms with van der Waals surface area (Å²) in [6, 6.07) is 8.99. The van der Waals surface area contributed by atoms with E-state index in [0.717, 1.165) is 12.1 Å². The van der Waals surface area contributed by atoms with E-state index < -0.39 is 17.7 Å². The first-order valence-electron chi connectivity index (χ1n) is 6.09. The first-order valence-corrected chi connectivity index (χ1v) is 6.47. The quantitative estimate of drug-likeness (QED) is 0.888. The molecule has 0 fully saturated rings. The van der Waals surface area contributed by atoms with Crippen LogP contribution in [0.3, 0.4) is 0 Å². The first kappa shape index (κ1) is 16.2. The van der Waals surface area contributed by atoms with Crippen LogP contribution in [0, 0.1) is 0 Å². The Hall–Kier alpha value is -2.21. The van der Waals surface area contributed by atoms with E-state index in [1.807, 2.05) is 0 Å². The summed E-state index contributed by atoms with van der Waals surface area (Å²) >= 11 is 5.57. The minimum Gasteiger partial charge on any atom is -0.488 e. The van der Waals surface area contributed by atoms with Crippen molar-refractivity contribution < 1.29 is 27.8 Å². The van der Waals surface area contributed by atoms with E-state index in [1.54, 1.807) is 6.07 Å². The van der Waals surface area contributed by atoms with Crippen LogP contribution in [0.25, 0.3) is 0 Å². The predicted molar refractivity (Wildman–Crippen MR) is 74.2 cm³/mol. The molecule has 0 aliphatic rings. The molecule has 7 heteroatoms. The van der Waals surface area contributed by atoms with Gasteiger partial charge in [0.1, 0.15) is 12.4 Å². The van der Waals surface area contributed by atoms with E-state index in [2.05, 4.69) is 0 Å². The van der Waals surface area contributed by atoms with Gasteiger partial charge in [-0.1, -0.05) is 23.7 Å². The van der Waals surface area contributed by atoms with Crippen LogP contribution < -0.4 is 4.74 Å². The Morgan fingerprint density at radius 3 is 2.55 bits per heavy atom. The maximum Gasteiger partial charge on any atom is 0.420 e. The zero-order chi connectivity index (χ0) is 16.3. The Bertz CT molecular complexity index is 699. The molecule has 0 bridgehead atoms. The second kappa shape index (κ2) is 6.27. The van der Waals surface area contributed by atoms with Gasteiger partial charge < -0.3 is 9.84 Å². The Morgan fingerprint density at radius 1 is 1.18 bits per heavy atom. The average Bonchev–Trinajstić information content (AvgIpc) is 2.45. The van der Waals surface area contributed by atoms with E-state index in [0.29, 0.717) is 5.56 Å². The molecular formula is C15H10ClF3O3. The zero-order valence-electron chi connectivity index (χ0n) is 11.0. The minimum absolute atomic E-state index is 0.0354. The van der Waals surface area contributed by atoms with E-state index in [4.69, 9.17) is 21.4 Å². The molecule has 0 aliphatic carbocycles. The number of halogens is 4. The highest BCUT2D eigenvalue weighted by Gasteiger charge is 2.34. The van der Waals surface area contributed by atoms with E-state index in [-0.39, 0.29) is 22.9 Å². The van der Waals surface area contributed by atoms with Gasteiger partial charge >= 0.3 is 12.1 Å². The van der Waals surface area contributed by atoms with Gasteiger partial charge in [0.25, 0.3) is 0 Å². The second-order valence-electron chi connectivity index (χ2n) is 4.43. The number of hydrogen-bond acceptors (Lipinski definition) is 2. The van der Waals surface area contributed by atoms with Gasteiger partial charge in [-0.3, -0.25) is 0 Å². The van der Waals surface area contributed by atoms with Crippen LogP contribution >= 0.6 is 11.6 Å². The molecule has 0 spiro atoms. The molecule has 116 valence electrons. The normalized spacial score (nSPS) is 11.3. The maximum absolute atomic E-state index is 12.9. The van der Waals surface area contributed by atoms with Crippen LogP contribution in [0.5, 0.6) is 5.75 Å².